The minimum Gasteiger partial charge on any atom is -0.350 e. The van der Waals surface area contributed by atoms with Gasteiger partial charge in [-0.2, -0.15) is 5.26 Å². The molecular weight excluding hydrogens is 400 g/mol. The molecule has 0 spiro atoms. The quantitative estimate of drug-likeness (QED) is 0.518. The molecule has 0 atom stereocenters. The summed E-state index contributed by atoms with van der Waals surface area (Å²) in [6.45, 7) is 0.247. The van der Waals surface area contributed by atoms with Gasteiger partial charge in [0.2, 0.25) is 9.84 Å². The van der Waals surface area contributed by atoms with E-state index in [1.54, 1.807) is 42.7 Å². The molecule has 148 valence electrons. The summed E-state index contributed by atoms with van der Waals surface area (Å²) in [5, 5.41) is 12.6. The Morgan fingerprint density at radius 3 is 2.60 bits per heavy atom. The molecule has 2 aromatic heterocycles. The average Bonchev–Trinajstić information content (AvgIpc) is 3.22. The van der Waals surface area contributed by atoms with E-state index in [1.165, 1.54) is 30.3 Å². The molecule has 0 fully saturated rings. The number of aromatic amines is 1. The summed E-state index contributed by atoms with van der Waals surface area (Å²) in [6.07, 6.45) is 3.32. The van der Waals surface area contributed by atoms with Crippen molar-refractivity contribution in [3.05, 3.63) is 89.9 Å². The van der Waals surface area contributed by atoms with E-state index in [0.717, 1.165) is 16.5 Å². The molecule has 0 saturated heterocycles. The SMILES string of the molecule is N#Cc1cccc(S(=O)(=O)c2ccc(CNC(=O)c3cc4cnccc4[nH]3)cc2)c1. The van der Waals surface area contributed by atoms with Crippen molar-refractivity contribution < 1.29 is 13.2 Å². The number of sulfone groups is 1. The highest BCUT2D eigenvalue weighted by Crippen LogP contribution is 2.22. The second-order valence-corrected chi connectivity index (χ2v) is 8.57. The van der Waals surface area contributed by atoms with Gasteiger partial charge in [-0.15, -0.1) is 0 Å². The highest BCUT2D eigenvalue weighted by Gasteiger charge is 2.18. The summed E-state index contributed by atoms with van der Waals surface area (Å²) in [5.41, 5.74) is 2.29. The molecule has 2 aromatic carbocycles. The summed E-state index contributed by atoms with van der Waals surface area (Å²) < 4.78 is 25.5. The van der Waals surface area contributed by atoms with Crippen molar-refractivity contribution in [2.24, 2.45) is 0 Å². The molecular formula is C22H16N4O3S. The number of benzene rings is 2. The van der Waals surface area contributed by atoms with E-state index >= 15 is 0 Å². The third-order valence-electron chi connectivity index (χ3n) is 4.63. The molecule has 2 heterocycles. The molecule has 0 radical (unpaired) electrons. The fourth-order valence-electron chi connectivity index (χ4n) is 3.03. The Kier molecular flexibility index (Phi) is 5.04. The van der Waals surface area contributed by atoms with E-state index in [1.807, 2.05) is 6.07 Å². The lowest BCUT2D eigenvalue weighted by atomic mass is 10.2. The highest BCUT2D eigenvalue weighted by molar-refractivity contribution is 7.91. The third-order valence-corrected chi connectivity index (χ3v) is 6.39. The molecule has 30 heavy (non-hydrogen) atoms. The molecule has 2 N–H and O–H groups in total. The van der Waals surface area contributed by atoms with Gasteiger partial charge < -0.3 is 10.3 Å². The number of rotatable bonds is 5. The van der Waals surface area contributed by atoms with Gasteiger partial charge in [0.1, 0.15) is 5.69 Å². The first-order chi connectivity index (χ1) is 14.5. The molecule has 4 aromatic rings. The van der Waals surface area contributed by atoms with Gasteiger partial charge in [0.05, 0.1) is 21.4 Å². The predicted octanol–water partition coefficient (Wildman–Crippen LogP) is 3.20. The number of nitrogens with zero attached hydrogens (tertiary/aromatic N) is 2. The van der Waals surface area contributed by atoms with Crippen LogP contribution in [0, 0.1) is 11.3 Å². The Bertz CT molecular complexity index is 1350. The summed E-state index contributed by atoms with van der Waals surface area (Å²) in [5.74, 6) is -0.267. The molecule has 4 rings (SSSR count). The van der Waals surface area contributed by atoms with Crippen LogP contribution in [0.4, 0.5) is 0 Å². The minimum atomic E-state index is -3.73. The summed E-state index contributed by atoms with van der Waals surface area (Å²) in [4.78, 5) is 19.6. The van der Waals surface area contributed by atoms with Crippen molar-refractivity contribution in [2.75, 3.05) is 0 Å². The van der Waals surface area contributed by atoms with E-state index in [-0.39, 0.29) is 27.8 Å². The highest BCUT2D eigenvalue weighted by atomic mass is 32.2. The standard InChI is InChI=1S/C22H16N4O3S/c23-12-16-2-1-3-19(10-16)30(28,29)18-6-4-15(5-7-18)13-25-22(27)21-11-17-14-24-9-8-20(17)26-21/h1-11,14,26H,13H2,(H,25,27). The number of aromatic nitrogens is 2. The largest absolute Gasteiger partial charge is 0.350 e. The van der Waals surface area contributed by atoms with Crippen molar-refractivity contribution in [2.45, 2.75) is 16.3 Å². The number of carbonyl (C=O) groups is 1. The van der Waals surface area contributed by atoms with Crippen molar-refractivity contribution in [3.8, 4) is 6.07 Å². The predicted molar refractivity (Wildman–Crippen MR) is 110 cm³/mol. The Balaban J connectivity index is 1.47. The van der Waals surface area contributed by atoms with E-state index in [4.69, 9.17) is 5.26 Å². The maximum Gasteiger partial charge on any atom is 0.267 e. The first kappa shape index (κ1) is 19.4. The van der Waals surface area contributed by atoms with Crippen LogP contribution in [-0.2, 0) is 16.4 Å². The van der Waals surface area contributed by atoms with Crippen molar-refractivity contribution in [1.82, 2.24) is 15.3 Å². The normalized spacial score (nSPS) is 11.2. The molecule has 7 nitrogen and oxygen atoms in total. The first-order valence-electron chi connectivity index (χ1n) is 9.02. The van der Waals surface area contributed by atoms with Gasteiger partial charge in [-0.3, -0.25) is 9.78 Å². The number of hydrogen-bond donors (Lipinski definition) is 2. The number of H-pyrrole nitrogens is 1. The number of fused-ring (bicyclic) bond motifs is 1. The van der Waals surface area contributed by atoms with E-state index in [2.05, 4.69) is 15.3 Å². The number of nitrogens with one attached hydrogen (secondary N) is 2. The summed E-state index contributed by atoms with van der Waals surface area (Å²) >= 11 is 0. The zero-order valence-electron chi connectivity index (χ0n) is 15.7. The maximum absolute atomic E-state index is 12.8. The minimum absolute atomic E-state index is 0.0657. The van der Waals surface area contributed by atoms with Crippen LogP contribution in [0.2, 0.25) is 0 Å². The Morgan fingerprint density at radius 1 is 1.07 bits per heavy atom. The summed E-state index contributed by atoms with van der Waals surface area (Å²) in [7, 11) is -3.73. The van der Waals surface area contributed by atoms with Crippen LogP contribution in [0.15, 0.2) is 82.8 Å². The van der Waals surface area contributed by atoms with Gasteiger partial charge in [0.15, 0.2) is 0 Å². The van der Waals surface area contributed by atoms with Gasteiger partial charge in [-0.25, -0.2) is 8.42 Å². The smallest absolute Gasteiger partial charge is 0.267 e. The van der Waals surface area contributed by atoms with Crippen LogP contribution in [0.25, 0.3) is 10.9 Å². The average molecular weight is 416 g/mol. The molecule has 0 saturated carbocycles. The van der Waals surface area contributed by atoms with E-state index in [0.29, 0.717) is 5.69 Å². The zero-order valence-corrected chi connectivity index (χ0v) is 16.5. The van der Waals surface area contributed by atoms with Crippen LogP contribution in [-0.4, -0.2) is 24.3 Å². The number of amides is 1. The van der Waals surface area contributed by atoms with Crippen LogP contribution in [0.1, 0.15) is 21.6 Å². The molecule has 0 aliphatic carbocycles. The molecule has 0 aliphatic rings. The molecule has 0 aliphatic heterocycles. The molecule has 8 heteroatoms. The monoisotopic (exact) mass is 416 g/mol. The number of nitriles is 1. The second-order valence-electron chi connectivity index (χ2n) is 6.62. The van der Waals surface area contributed by atoms with Crippen LogP contribution < -0.4 is 5.32 Å². The summed E-state index contributed by atoms with van der Waals surface area (Å²) in [6, 6.07) is 17.6. The Hall–Kier alpha value is -3.96. The molecule has 0 unspecified atom stereocenters. The van der Waals surface area contributed by atoms with Crippen LogP contribution in [0.3, 0.4) is 0 Å². The van der Waals surface area contributed by atoms with Crippen molar-refractivity contribution >= 4 is 26.6 Å². The maximum atomic E-state index is 12.8. The number of hydrogen-bond acceptors (Lipinski definition) is 5. The lowest BCUT2D eigenvalue weighted by molar-refractivity contribution is 0.0946. The Labute approximate surface area is 172 Å². The Morgan fingerprint density at radius 2 is 1.87 bits per heavy atom. The topological polar surface area (TPSA) is 116 Å². The van der Waals surface area contributed by atoms with Crippen molar-refractivity contribution in [3.63, 3.8) is 0 Å². The first-order valence-corrected chi connectivity index (χ1v) is 10.5. The lowest BCUT2D eigenvalue weighted by Crippen LogP contribution is -2.23. The van der Waals surface area contributed by atoms with Gasteiger partial charge in [-0.1, -0.05) is 18.2 Å². The van der Waals surface area contributed by atoms with Crippen molar-refractivity contribution in [1.29, 1.82) is 5.26 Å². The second kappa shape index (κ2) is 7.81. The van der Waals surface area contributed by atoms with Gasteiger partial charge in [-0.05, 0) is 48.0 Å². The van der Waals surface area contributed by atoms with Gasteiger partial charge in [0.25, 0.3) is 5.91 Å². The third kappa shape index (κ3) is 3.79. The number of carbonyl (C=O) groups excluding carboxylic acids is 1. The fourth-order valence-corrected chi connectivity index (χ4v) is 4.33. The fraction of sp³-hybridized carbons (Fsp3) is 0.0455. The lowest BCUT2D eigenvalue weighted by Gasteiger charge is -2.07. The van der Waals surface area contributed by atoms with Gasteiger partial charge in [0, 0.05) is 29.8 Å². The van der Waals surface area contributed by atoms with Gasteiger partial charge >= 0.3 is 0 Å². The number of pyridine rings is 1. The molecule has 0 bridgehead atoms. The van der Waals surface area contributed by atoms with Crippen LogP contribution in [0.5, 0.6) is 0 Å². The zero-order chi connectivity index (χ0) is 21.1. The van der Waals surface area contributed by atoms with E-state index < -0.39 is 9.84 Å². The van der Waals surface area contributed by atoms with Crippen LogP contribution >= 0.6 is 0 Å². The molecule has 1 amide bonds. The van der Waals surface area contributed by atoms with E-state index in [9.17, 15) is 13.2 Å².